The van der Waals surface area contributed by atoms with Gasteiger partial charge in [0.2, 0.25) is 0 Å². The molecule has 0 amide bonds. The van der Waals surface area contributed by atoms with Crippen molar-refractivity contribution in [1.82, 2.24) is 0 Å². The van der Waals surface area contributed by atoms with Crippen LogP contribution in [0, 0.1) is 0 Å². The number of aliphatic hydroxyl groups excluding tert-OH is 8. The summed E-state index contributed by atoms with van der Waals surface area (Å²) in [6.07, 6.45) is -20.3. The summed E-state index contributed by atoms with van der Waals surface area (Å²) in [6.45, 7) is -1.91. The lowest BCUT2D eigenvalue weighted by atomic mass is 9.95. The molecule has 3 saturated heterocycles. The van der Waals surface area contributed by atoms with E-state index in [0.717, 1.165) is 0 Å². The Kier molecular flexibility index (Phi) is 11.4. The van der Waals surface area contributed by atoms with Crippen LogP contribution in [0.25, 0.3) is 0 Å². The van der Waals surface area contributed by atoms with Crippen molar-refractivity contribution in [2.24, 2.45) is 0 Å². The zero-order valence-electron chi connectivity index (χ0n) is 20.6. The predicted molar refractivity (Wildman–Crippen MR) is 116 cm³/mol. The summed E-state index contributed by atoms with van der Waals surface area (Å²) >= 11 is 0. The van der Waals surface area contributed by atoms with Crippen LogP contribution in [0.3, 0.4) is 0 Å². The first kappa shape index (κ1) is 30.9. The molecule has 0 spiro atoms. The second-order valence-corrected chi connectivity index (χ2v) is 8.96. The van der Waals surface area contributed by atoms with Crippen molar-refractivity contribution in [3.63, 3.8) is 0 Å². The minimum atomic E-state index is -1.66. The van der Waals surface area contributed by atoms with Gasteiger partial charge in [-0.05, 0) is 0 Å². The Bertz CT molecular complexity index is 687. The Morgan fingerprint density at radius 1 is 0.486 bits per heavy atom. The molecule has 3 fully saturated rings. The second kappa shape index (κ2) is 13.6. The fourth-order valence-corrected chi connectivity index (χ4v) is 4.83. The molecule has 3 rings (SSSR count). The average Bonchev–Trinajstić information content (AvgIpc) is 2.89. The summed E-state index contributed by atoms with van der Waals surface area (Å²) in [5.74, 6) is 0. The summed E-state index contributed by atoms with van der Waals surface area (Å²) in [5.41, 5.74) is 0. The fourth-order valence-electron chi connectivity index (χ4n) is 4.83. The number of hydrogen-bond acceptors (Lipinski definition) is 16. The molecule has 16 heteroatoms. The third-order valence-corrected chi connectivity index (χ3v) is 6.83. The van der Waals surface area contributed by atoms with Gasteiger partial charge < -0.3 is 78.7 Å². The Morgan fingerprint density at radius 2 is 0.892 bits per heavy atom. The van der Waals surface area contributed by atoms with E-state index >= 15 is 0 Å². The van der Waals surface area contributed by atoms with Crippen LogP contribution in [0.4, 0.5) is 0 Å². The maximum absolute atomic E-state index is 11.0. The molecule has 16 nitrogen and oxygen atoms in total. The van der Waals surface area contributed by atoms with Crippen LogP contribution in [0.15, 0.2) is 0 Å². The SMILES string of the molecule is CO[C@@H]1[C@@H](O)[C@@H](O[C@H]2[C@H](OC)[C@@H](O)[C@@H](O[C@H]3[C@H](OC)[C@@H](O)[C@@H](O)O[C@@H]3CO)O[C@@H]2CO)O[C@H](CO)[C@H]1O. The highest BCUT2D eigenvalue weighted by Gasteiger charge is 2.54. The minimum absolute atomic E-state index is 0.610. The van der Waals surface area contributed by atoms with Gasteiger partial charge in [0.05, 0.1) is 19.8 Å². The Labute approximate surface area is 212 Å². The van der Waals surface area contributed by atoms with E-state index in [-0.39, 0.29) is 0 Å². The number of methoxy groups -OCH3 is 3. The molecular weight excluding hydrogens is 508 g/mol. The summed E-state index contributed by atoms with van der Waals surface area (Å²) in [7, 11) is 3.73. The van der Waals surface area contributed by atoms with Gasteiger partial charge in [-0.3, -0.25) is 0 Å². The van der Waals surface area contributed by atoms with Crippen LogP contribution in [-0.2, 0) is 37.9 Å². The third kappa shape index (κ3) is 6.25. The maximum atomic E-state index is 11.0. The van der Waals surface area contributed by atoms with E-state index < -0.39 is 112 Å². The van der Waals surface area contributed by atoms with Crippen molar-refractivity contribution in [2.45, 2.75) is 92.1 Å². The van der Waals surface area contributed by atoms with Gasteiger partial charge in [0.15, 0.2) is 18.9 Å². The monoisotopic (exact) mass is 546 g/mol. The van der Waals surface area contributed by atoms with Gasteiger partial charge in [-0.1, -0.05) is 0 Å². The molecule has 0 aromatic rings. The highest BCUT2D eigenvalue weighted by atomic mass is 16.8. The Morgan fingerprint density at radius 3 is 1.35 bits per heavy atom. The van der Waals surface area contributed by atoms with Crippen LogP contribution >= 0.6 is 0 Å². The van der Waals surface area contributed by atoms with Crippen LogP contribution in [0.5, 0.6) is 0 Å². The molecule has 0 radical (unpaired) electrons. The van der Waals surface area contributed by atoms with Gasteiger partial charge in [0, 0.05) is 21.3 Å². The zero-order chi connectivity index (χ0) is 27.4. The van der Waals surface area contributed by atoms with Crippen LogP contribution in [-0.4, -0.2) is 174 Å². The molecule has 3 aliphatic rings. The summed E-state index contributed by atoms with van der Waals surface area (Å²) in [5, 5.41) is 81.2. The zero-order valence-corrected chi connectivity index (χ0v) is 20.6. The average molecular weight is 547 g/mol. The van der Waals surface area contributed by atoms with Gasteiger partial charge in [-0.25, -0.2) is 0 Å². The van der Waals surface area contributed by atoms with Crippen LogP contribution < -0.4 is 0 Å². The first-order valence-electron chi connectivity index (χ1n) is 11.8. The lowest BCUT2D eigenvalue weighted by Gasteiger charge is -2.49. The molecule has 8 N–H and O–H groups in total. The maximum Gasteiger partial charge on any atom is 0.187 e. The summed E-state index contributed by atoms with van der Waals surface area (Å²) < 4.78 is 43.7. The van der Waals surface area contributed by atoms with Crippen LogP contribution in [0.2, 0.25) is 0 Å². The third-order valence-electron chi connectivity index (χ3n) is 6.83. The molecule has 0 unspecified atom stereocenters. The minimum Gasteiger partial charge on any atom is -0.394 e. The van der Waals surface area contributed by atoms with Gasteiger partial charge >= 0.3 is 0 Å². The first-order valence-corrected chi connectivity index (χ1v) is 11.8. The van der Waals surface area contributed by atoms with E-state index in [4.69, 9.17) is 37.9 Å². The van der Waals surface area contributed by atoms with E-state index in [2.05, 4.69) is 0 Å². The molecule has 0 aromatic carbocycles. The molecular formula is C21H38O16. The largest absolute Gasteiger partial charge is 0.394 e. The predicted octanol–water partition coefficient (Wildman–Crippen LogP) is -5.61. The van der Waals surface area contributed by atoms with Gasteiger partial charge in [0.25, 0.3) is 0 Å². The van der Waals surface area contributed by atoms with Crippen molar-refractivity contribution in [2.75, 3.05) is 41.2 Å². The molecule has 0 aliphatic carbocycles. The van der Waals surface area contributed by atoms with Crippen LogP contribution in [0.1, 0.15) is 0 Å². The second-order valence-electron chi connectivity index (χ2n) is 8.96. The van der Waals surface area contributed by atoms with Crippen molar-refractivity contribution in [3.8, 4) is 0 Å². The van der Waals surface area contributed by atoms with Gasteiger partial charge in [-0.2, -0.15) is 0 Å². The molecule has 0 saturated carbocycles. The lowest BCUT2D eigenvalue weighted by molar-refractivity contribution is -0.380. The summed E-state index contributed by atoms with van der Waals surface area (Å²) in [4.78, 5) is 0. The topological polar surface area (TPSA) is 236 Å². The molecule has 37 heavy (non-hydrogen) atoms. The Hall–Kier alpha value is -0.640. The van der Waals surface area contributed by atoms with E-state index in [1.807, 2.05) is 0 Å². The molecule has 3 heterocycles. The van der Waals surface area contributed by atoms with Crippen molar-refractivity contribution in [1.29, 1.82) is 0 Å². The number of hydrogen-bond donors (Lipinski definition) is 8. The van der Waals surface area contributed by atoms with E-state index in [0.29, 0.717) is 0 Å². The fraction of sp³-hybridized carbons (Fsp3) is 1.00. The van der Waals surface area contributed by atoms with E-state index in [9.17, 15) is 40.9 Å². The highest BCUT2D eigenvalue weighted by Crippen LogP contribution is 2.33. The van der Waals surface area contributed by atoms with E-state index in [1.165, 1.54) is 21.3 Å². The van der Waals surface area contributed by atoms with Gasteiger partial charge in [0.1, 0.15) is 73.2 Å². The number of aliphatic hydroxyl groups is 8. The molecule has 3 aliphatic heterocycles. The number of rotatable bonds is 10. The van der Waals surface area contributed by atoms with Gasteiger partial charge in [-0.15, -0.1) is 0 Å². The number of ether oxygens (including phenoxy) is 8. The van der Waals surface area contributed by atoms with Crippen molar-refractivity contribution >= 4 is 0 Å². The highest BCUT2D eigenvalue weighted by molar-refractivity contribution is 4.97. The lowest BCUT2D eigenvalue weighted by Crippen LogP contribution is -2.67. The molecule has 15 atom stereocenters. The van der Waals surface area contributed by atoms with Crippen molar-refractivity contribution < 1.29 is 78.7 Å². The summed E-state index contributed by atoms with van der Waals surface area (Å²) in [6, 6.07) is 0. The standard InChI is InChI=1S/C21H38O16/c1-30-16-10(25)7(4-22)34-20(12(16)27)37-15-9(6-24)35-21(13(28)18(15)32-3)36-14-8(5-23)33-19(29)11(26)17(14)31-2/h7-29H,4-6H2,1-3H3/t7-,8-,9-,10-,11-,12-,13-,14-,15-,16+,17-,18-,19+,20-,21-/m1/s1. The normalized spacial score (nSPS) is 49.2. The quantitative estimate of drug-likeness (QED) is 0.127. The first-order chi connectivity index (χ1) is 17.7. The molecule has 0 bridgehead atoms. The Balaban J connectivity index is 1.79. The molecule has 0 aromatic heterocycles. The van der Waals surface area contributed by atoms with E-state index in [1.54, 1.807) is 0 Å². The van der Waals surface area contributed by atoms with Crippen molar-refractivity contribution in [3.05, 3.63) is 0 Å². The molecule has 218 valence electrons. The smallest absolute Gasteiger partial charge is 0.187 e.